The Bertz CT molecular complexity index is 290. The molecule has 1 fully saturated rings. The summed E-state index contributed by atoms with van der Waals surface area (Å²) in [7, 11) is -1.63. The lowest BCUT2D eigenvalue weighted by Gasteiger charge is -2.45. The zero-order valence-corrected chi connectivity index (χ0v) is 15.6. The van der Waals surface area contributed by atoms with Crippen LogP contribution in [0.1, 0.15) is 73.6 Å². The van der Waals surface area contributed by atoms with Crippen molar-refractivity contribution in [3.8, 4) is 0 Å². The molecule has 0 aromatic heterocycles. The van der Waals surface area contributed by atoms with Crippen molar-refractivity contribution in [3.63, 3.8) is 0 Å². The number of hydrogen-bond donors (Lipinski definition) is 1. The monoisotopic (exact) mass is 296 g/mol. The summed E-state index contributed by atoms with van der Waals surface area (Å²) in [6.45, 7) is 14.6. The van der Waals surface area contributed by atoms with Gasteiger partial charge < -0.3 is 5.11 Å². The molecule has 0 radical (unpaired) electrons. The summed E-state index contributed by atoms with van der Waals surface area (Å²) in [6, 6.07) is 0. The Morgan fingerprint density at radius 1 is 0.950 bits per heavy atom. The van der Waals surface area contributed by atoms with Gasteiger partial charge in [0.15, 0.2) is 0 Å². The van der Waals surface area contributed by atoms with Gasteiger partial charge in [0, 0.05) is 0 Å². The molecule has 1 nitrogen and oxygen atoms in total. The van der Waals surface area contributed by atoms with E-state index in [2.05, 4.69) is 47.6 Å². The average molecular weight is 297 g/mol. The summed E-state index contributed by atoms with van der Waals surface area (Å²) in [6.07, 6.45) is 9.34. The van der Waals surface area contributed by atoms with Crippen LogP contribution in [0.4, 0.5) is 0 Å². The smallest absolute Gasteiger partial charge is 0.0916 e. The van der Waals surface area contributed by atoms with Crippen molar-refractivity contribution in [2.75, 3.05) is 6.61 Å². The van der Waals surface area contributed by atoms with Gasteiger partial charge in [-0.25, -0.2) is 0 Å². The molecule has 1 aliphatic rings. The fourth-order valence-electron chi connectivity index (χ4n) is 5.03. The van der Waals surface area contributed by atoms with E-state index in [1.54, 1.807) is 0 Å². The first-order valence-corrected chi connectivity index (χ1v) is 10.9. The SMILES string of the molecule is CC(C)[Si](/C(=C/C1CCCCC1)CO)(C(C)C)C(C)C. The molecule has 2 heteroatoms. The molecule has 1 saturated carbocycles. The average Bonchev–Trinajstić information content (AvgIpc) is 2.38. The topological polar surface area (TPSA) is 20.2 Å². The predicted octanol–water partition coefficient (Wildman–Crippen LogP) is 5.70. The summed E-state index contributed by atoms with van der Waals surface area (Å²) >= 11 is 0. The third kappa shape index (κ3) is 3.57. The molecule has 1 aliphatic carbocycles. The van der Waals surface area contributed by atoms with E-state index in [1.807, 2.05) is 0 Å². The van der Waals surface area contributed by atoms with Crippen LogP contribution >= 0.6 is 0 Å². The molecule has 20 heavy (non-hydrogen) atoms. The molecule has 0 aromatic carbocycles. The van der Waals surface area contributed by atoms with E-state index in [-0.39, 0.29) is 6.61 Å². The van der Waals surface area contributed by atoms with Gasteiger partial charge in [0.2, 0.25) is 0 Å². The van der Waals surface area contributed by atoms with E-state index < -0.39 is 8.07 Å². The van der Waals surface area contributed by atoms with Crippen LogP contribution in [0.3, 0.4) is 0 Å². The zero-order chi connectivity index (χ0) is 15.3. The maximum Gasteiger partial charge on any atom is 0.0916 e. The first-order chi connectivity index (χ1) is 9.37. The lowest BCUT2D eigenvalue weighted by Crippen LogP contribution is -2.48. The Morgan fingerprint density at radius 3 is 1.75 bits per heavy atom. The third-order valence-electron chi connectivity index (χ3n) is 5.68. The fourth-order valence-corrected chi connectivity index (χ4v) is 12.1. The number of allylic oxidation sites excluding steroid dienone is 1. The number of rotatable bonds is 6. The largest absolute Gasteiger partial charge is 0.392 e. The summed E-state index contributed by atoms with van der Waals surface area (Å²) < 4.78 is 0. The van der Waals surface area contributed by atoms with Crippen LogP contribution in [-0.2, 0) is 0 Å². The van der Waals surface area contributed by atoms with Gasteiger partial charge >= 0.3 is 0 Å². The molecular formula is C18H36OSi. The summed E-state index contributed by atoms with van der Waals surface area (Å²) in [5.74, 6) is 0.731. The fraction of sp³-hybridized carbons (Fsp3) is 0.889. The molecule has 0 atom stereocenters. The van der Waals surface area contributed by atoms with Gasteiger partial charge in [0.25, 0.3) is 0 Å². The van der Waals surface area contributed by atoms with Crippen LogP contribution in [0.2, 0.25) is 16.6 Å². The Hall–Kier alpha value is -0.0831. The van der Waals surface area contributed by atoms with Crippen LogP contribution < -0.4 is 0 Å². The van der Waals surface area contributed by atoms with Crippen LogP contribution in [0.5, 0.6) is 0 Å². The molecule has 0 aliphatic heterocycles. The molecule has 118 valence electrons. The van der Waals surface area contributed by atoms with Gasteiger partial charge in [0.1, 0.15) is 0 Å². The second kappa shape index (κ2) is 7.79. The number of aliphatic hydroxyl groups is 1. The Balaban J connectivity index is 3.16. The van der Waals surface area contributed by atoms with E-state index in [0.717, 1.165) is 5.92 Å². The van der Waals surface area contributed by atoms with E-state index in [9.17, 15) is 5.11 Å². The Kier molecular flexibility index (Phi) is 7.00. The van der Waals surface area contributed by atoms with Crippen molar-refractivity contribution >= 4 is 8.07 Å². The molecule has 0 unspecified atom stereocenters. The van der Waals surface area contributed by atoms with Gasteiger partial charge in [-0.1, -0.05) is 72.1 Å². The van der Waals surface area contributed by atoms with Gasteiger partial charge in [-0.3, -0.25) is 0 Å². The molecule has 1 rings (SSSR count). The zero-order valence-electron chi connectivity index (χ0n) is 14.6. The molecule has 0 bridgehead atoms. The van der Waals surface area contributed by atoms with Crippen LogP contribution in [-0.4, -0.2) is 19.8 Å². The molecule has 0 aromatic rings. The van der Waals surface area contributed by atoms with Crippen molar-refractivity contribution in [2.24, 2.45) is 5.92 Å². The second-order valence-corrected chi connectivity index (χ2v) is 13.6. The lowest BCUT2D eigenvalue weighted by atomic mass is 9.89. The first-order valence-electron chi connectivity index (χ1n) is 8.69. The predicted molar refractivity (Wildman–Crippen MR) is 92.8 cm³/mol. The number of hydrogen-bond acceptors (Lipinski definition) is 1. The van der Waals surface area contributed by atoms with Crippen molar-refractivity contribution in [3.05, 3.63) is 11.3 Å². The summed E-state index contributed by atoms with van der Waals surface area (Å²) in [5.41, 5.74) is 2.10. The highest BCUT2D eigenvalue weighted by Gasteiger charge is 2.45. The molecule has 0 amide bonds. The maximum absolute atomic E-state index is 10.1. The highest BCUT2D eigenvalue weighted by Crippen LogP contribution is 2.47. The molecule has 0 spiro atoms. The first kappa shape index (κ1) is 18.0. The third-order valence-corrected chi connectivity index (χ3v) is 12.8. The molecular weight excluding hydrogens is 260 g/mol. The van der Waals surface area contributed by atoms with Crippen LogP contribution in [0.25, 0.3) is 0 Å². The van der Waals surface area contributed by atoms with Crippen molar-refractivity contribution in [1.29, 1.82) is 0 Å². The summed E-state index contributed by atoms with van der Waals surface area (Å²) in [5, 5.41) is 11.6. The van der Waals surface area contributed by atoms with Crippen molar-refractivity contribution in [1.82, 2.24) is 0 Å². The standard InChI is InChI=1S/C18H36OSi/c1-14(2)20(15(3)4,16(5)6)18(13-19)12-17-10-8-7-9-11-17/h12,14-17,19H,7-11,13H2,1-6H3/b18-12+. The van der Waals surface area contributed by atoms with Gasteiger partial charge in [-0.05, 0) is 35.4 Å². The highest BCUT2D eigenvalue weighted by molar-refractivity contribution is 6.89. The molecule has 0 heterocycles. The minimum absolute atomic E-state index is 0.289. The van der Waals surface area contributed by atoms with Crippen molar-refractivity contribution in [2.45, 2.75) is 90.3 Å². The Morgan fingerprint density at radius 2 is 1.40 bits per heavy atom. The molecule has 1 N–H and O–H groups in total. The second-order valence-electron chi connectivity index (χ2n) is 7.65. The summed E-state index contributed by atoms with van der Waals surface area (Å²) in [4.78, 5) is 0. The van der Waals surface area contributed by atoms with E-state index in [1.165, 1.54) is 37.3 Å². The van der Waals surface area contributed by atoms with E-state index >= 15 is 0 Å². The maximum atomic E-state index is 10.1. The van der Waals surface area contributed by atoms with Crippen LogP contribution in [0.15, 0.2) is 11.3 Å². The molecule has 0 saturated heterocycles. The normalized spacial score (nSPS) is 19.4. The minimum atomic E-state index is -1.63. The Labute approximate surface area is 127 Å². The lowest BCUT2D eigenvalue weighted by molar-refractivity contribution is 0.332. The van der Waals surface area contributed by atoms with Crippen LogP contribution in [0, 0.1) is 5.92 Å². The minimum Gasteiger partial charge on any atom is -0.392 e. The quantitative estimate of drug-likeness (QED) is 0.623. The van der Waals surface area contributed by atoms with Gasteiger partial charge in [0.05, 0.1) is 14.7 Å². The number of aliphatic hydroxyl groups excluding tert-OH is 1. The van der Waals surface area contributed by atoms with E-state index in [0.29, 0.717) is 16.6 Å². The van der Waals surface area contributed by atoms with Crippen molar-refractivity contribution < 1.29 is 5.11 Å². The van der Waals surface area contributed by atoms with E-state index in [4.69, 9.17) is 0 Å². The van der Waals surface area contributed by atoms with Gasteiger partial charge in [-0.2, -0.15) is 0 Å². The highest BCUT2D eigenvalue weighted by atomic mass is 28.3. The van der Waals surface area contributed by atoms with Gasteiger partial charge in [-0.15, -0.1) is 0 Å².